The van der Waals surface area contributed by atoms with Gasteiger partial charge in [0.15, 0.2) is 0 Å². The third-order valence-corrected chi connectivity index (χ3v) is 10.7. The van der Waals surface area contributed by atoms with Gasteiger partial charge in [-0.25, -0.2) is 0 Å². The Labute approximate surface area is 291 Å². The lowest BCUT2D eigenvalue weighted by atomic mass is 9.87. The van der Waals surface area contributed by atoms with Gasteiger partial charge in [-0.3, -0.25) is 0 Å². The molecule has 8 aromatic carbocycles. The maximum Gasteiger partial charge on any atom is 0.0547 e. The zero-order valence-corrected chi connectivity index (χ0v) is 28.5. The van der Waals surface area contributed by atoms with Gasteiger partial charge in [-0.05, 0) is 104 Å². The quantitative estimate of drug-likeness (QED) is 0.170. The fourth-order valence-electron chi connectivity index (χ4n) is 8.20. The Kier molecular flexibility index (Phi) is 6.17. The summed E-state index contributed by atoms with van der Waals surface area (Å²) in [5, 5.41) is 10.2. The summed E-state index contributed by atoms with van der Waals surface area (Å²) < 4.78 is 4.81. The van der Waals surface area contributed by atoms with E-state index >= 15 is 0 Å². The van der Waals surface area contributed by atoms with Crippen molar-refractivity contribution in [3.05, 3.63) is 169 Å². The van der Waals surface area contributed by atoms with Gasteiger partial charge in [0.1, 0.15) is 0 Å². The minimum atomic E-state index is 0.115. The minimum absolute atomic E-state index is 0.115. The van der Waals surface area contributed by atoms with Gasteiger partial charge in [0, 0.05) is 32.9 Å². The third-order valence-electron chi connectivity index (χ3n) is 10.7. The van der Waals surface area contributed by atoms with E-state index in [2.05, 4.69) is 194 Å². The molecular weight excluding hydrogens is 605 g/mol. The summed E-state index contributed by atoms with van der Waals surface area (Å²) in [5.41, 5.74) is 11.2. The van der Waals surface area contributed by atoms with E-state index in [4.69, 9.17) is 0 Å². The van der Waals surface area contributed by atoms with Gasteiger partial charge in [-0.2, -0.15) is 0 Å². The lowest BCUT2D eigenvalue weighted by Gasteiger charge is -2.19. The van der Waals surface area contributed by atoms with Crippen molar-refractivity contribution in [1.29, 1.82) is 0 Å². The van der Waals surface area contributed by atoms with Crippen LogP contribution in [0.5, 0.6) is 0 Å². The predicted octanol–water partition coefficient (Wildman–Crippen LogP) is 13.2. The van der Waals surface area contributed by atoms with E-state index in [1.165, 1.54) is 93.2 Å². The summed E-state index contributed by atoms with van der Waals surface area (Å²) in [6.07, 6.45) is 0. The van der Waals surface area contributed by atoms with Gasteiger partial charge < -0.3 is 9.13 Å². The van der Waals surface area contributed by atoms with Gasteiger partial charge in [0.25, 0.3) is 0 Å². The summed E-state index contributed by atoms with van der Waals surface area (Å²) >= 11 is 0. The van der Waals surface area contributed by atoms with Crippen LogP contribution in [0.3, 0.4) is 0 Å². The standard InChI is InChI=1S/C48H36N2/c1-48(2,3)34-22-26-36(27-23-34)50-45-18-9-6-14-40(45)47-42-30-32-11-10-15-37(41(32)29-33(42)21-28-46(47)50)31-19-24-35(25-20-31)49-43-16-7-4-12-38(43)39-13-5-8-17-44(39)49/h4-30H,1-3H3. The van der Waals surface area contributed by atoms with Crippen LogP contribution in [0, 0.1) is 0 Å². The highest BCUT2D eigenvalue weighted by molar-refractivity contribution is 6.23. The Morgan fingerprint density at radius 1 is 0.380 bits per heavy atom. The number of fused-ring (bicyclic) bond motifs is 9. The van der Waals surface area contributed by atoms with E-state index in [1.54, 1.807) is 0 Å². The van der Waals surface area contributed by atoms with Crippen LogP contribution < -0.4 is 0 Å². The summed E-state index contributed by atoms with van der Waals surface area (Å²) in [4.78, 5) is 0. The first-order valence-electron chi connectivity index (χ1n) is 17.5. The average molecular weight is 641 g/mol. The second-order valence-electron chi connectivity index (χ2n) is 14.6. The van der Waals surface area contributed by atoms with Gasteiger partial charge in [0.05, 0.1) is 22.1 Å². The van der Waals surface area contributed by atoms with E-state index in [-0.39, 0.29) is 5.41 Å². The molecule has 10 aromatic rings. The first kappa shape index (κ1) is 28.9. The van der Waals surface area contributed by atoms with Crippen LogP contribution in [-0.4, -0.2) is 9.13 Å². The van der Waals surface area contributed by atoms with E-state index in [0.29, 0.717) is 0 Å². The Bertz CT molecular complexity index is 2880. The lowest BCUT2D eigenvalue weighted by Crippen LogP contribution is -2.10. The fourth-order valence-corrected chi connectivity index (χ4v) is 8.20. The van der Waals surface area contributed by atoms with Gasteiger partial charge in [-0.15, -0.1) is 0 Å². The molecule has 2 heteroatoms. The molecule has 2 aromatic heterocycles. The molecule has 2 heterocycles. The Hall–Kier alpha value is -6.12. The van der Waals surface area contributed by atoms with Gasteiger partial charge in [0.2, 0.25) is 0 Å². The molecule has 50 heavy (non-hydrogen) atoms. The molecule has 238 valence electrons. The van der Waals surface area contributed by atoms with Crippen molar-refractivity contribution < 1.29 is 0 Å². The zero-order valence-electron chi connectivity index (χ0n) is 28.5. The third kappa shape index (κ3) is 4.28. The maximum atomic E-state index is 2.43. The van der Waals surface area contributed by atoms with E-state index in [0.717, 1.165) is 0 Å². The number of rotatable bonds is 3. The predicted molar refractivity (Wildman–Crippen MR) is 214 cm³/mol. The van der Waals surface area contributed by atoms with Crippen LogP contribution in [0.25, 0.3) is 87.7 Å². The molecule has 0 saturated heterocycles. The molecule has 0 aliphatic carbocycles. The molecule has 0 aliphatic heterocycles. The molecule has 0 radical (unpaired) electrons. The number of para-hydroxylation sites is 3. The molecule has 0 saturated carbocycles. The lowest BCUT2D eigenvalue weighted by molar-refractivity contribution is 0.590. The summed E-state index contributed by atoms with van der Waals surface area (Å²) in [5.74, 6) is 0. The molecule has 0 bridgehead atoms. The number of nitrogens with zero attached hydrogens (tertiary/aromatic N) is 2. The summed E-state index contributed by atoms with van der Waals surface area (Å²) in [6.45, 7) is 6.81. The minimum Gasteiger partial charge on any atom is -0.309 e. The molecule has 0 aliphatic rings. The molecule has 0 fully saturated rings. The molecule has 10 rings (SSSR count). The molecule has 0 amide bonds. The molecule has 0 N–H and O–H groups in total. The van der Waals surface area contributed by atoms with Crippen LogP contribution in [0.2, 0.25) is 0 Å². The average Bonchev–Trinajstić information content (AvgIpc) is 3.67. The first-order valence-corrected chi connectivity index (χ1v) is 17.5. The van der Waals surface area contributed by atoms with Crippen molar-refractivity contribution >= 4 is 65.2 Å². The smallest absolute Gasteiger partial charge is 0.0547 e. The van der Waals surface area contributed by atoms with E-state index in [1.807, 2.05) is 0 Å². The Balaban J connectivity index is 1.12. The summed E-state index contributed by atoms with van der Waals surface area (Å²) in [7, 11) is 0. The fraction of sp³-hybridized carbons (Fsp3) is 0.0833. The molecule has 2 nitrogen and oxygen atoms in total. The van der Waals surface area contributed by atoms with E-state index in [9.17, 15) is 0 Å². The molecule has 0 atom stereocenters. The van der Waals surface area contributed by atoms with Crippen LogP contribution in [-0.2, 0) is 5.41 Å². The van der Waals surface area contributed by atoms with Gasteiger partial charge in [-0.1, -0.05) is 124 Å². The Morgan fingerprint density at radius 3 is 1.54 bits per heavy atom. The van der Waals surface area contributed by atoms with Crippen LogP contribution in [0.1, 0.15) is 26.3 Å². The molecule has 0 unspecified atom stereocenters. The largest absolute Gasteiger partial charge is 0.309 e. The highest BCUT2D eigenvalue weighted by Crippen LogP contribution is 2.40. The molecule has 0 spiro atoms. The second kappa shape index (κ2) is 10.7. The van der Waals surface area contributed by atoms with Crippen molar-refractivity contribution in [2.45, 2.75) is 26.2 Å². The van der Waals surface area contributed by atoms with Gasteiger partial charge >= 0.3 is 0 Å². The Morgan fingerprint density at radius 2 is 0.900 bits per heavy atom. The molecular formula is C48H36N2. The number of aromatic nitrogens is 2. The van der Waals surface area contributed by atoms with Crippen molar-refractivity contribution in [2.24, 2.45) is 0 Å². The highest BCUT2D eigenvalue weighted by atomic mass is 15.0. The topological polar surface area (TPSA) is 9.86 Å². The number of benzene rings is 8. The van der Waals surface area contributed by atoms with Crippen molar-refractivity contribution in [1.82, 2.24) is 9.13 Å². The van der Waals surface area contributed by atoms with Crippen molar-refractivity contribution in [3.63, 3.8) is 0 Å². The maximum absolute atomic E-state index is 2.43. The second-order valence-corrected chi connectivity index (χ2v) is 14.6. The van der Waals surface area contributed by atoms with Crippen molar-refractivity contribution in [2.75, 3.05) is 0 Å². The highest BCUT2D eigenvalue weighted by Gasteiger charge is 2.18. The SMILES string of the molecule is CC(C)(C)c1ccc(-n2c3ccccc3c3c4cc5cccc(-c6ccc(-n7c8ccccc8c8ccccc87)cc6)c5cc4ccc32)cc1. The monoisotopic (exact) mass is 640 g/mol. The van der Waals surface area contributed by atoms with E-state index < -0.39 is 0 Å². The number of hydrogen-bond acceptors (Lipinski definition) is 0. The first-order chi connectivity index (χ1) is 24.4. The van der Waals surface area contributed by atoms with Crippen molar-refractivity contribution in [3.8, 4) is 22.5 Å². The zero-order chi connectivity index (χ0) is 33.6. The number of hydrogen-bond donors (Lipinski definition) is 0. The van der Waals surface area contributed by atoms with Crippen LogP contribution in [0.4, 0.5) is 0 Å². The summed E-state index contributed by atoms with van der Waals surface area (Å²) in [6, 6.07) is 60.5. The van der Waals surface area contributed by atoms with Crippen LogP contribution in [0.15, 0.2) is 164 Å². The normalized spacial score (nSPS) is 12.3. The van der Waals surface area contributed by atoms with Crippen LogP contribution >= 0.6 is 0 Å².